The fourth-order valence-corrected chi connectivity index (χ4v) is 2.47. The molecule has 26 heavy (non-hydrogen) atoms. The standard InChI is InChI=1S/C18H16F2N4O2/c1-11-3-2-6-24-10-13(23-18(11)24)8-16(25)21-9-17(26)22-12-4-5-14(19)15(20)7-12/h2-7,10H,8-9H2,1H3,(H,21,25)(H,22,26). The molecule has 6 nitrogen and oxygen atoms in total. The molecule has 3 aromatic rings. The molecular formula is C18H16F2N4O2. The summed E-state index contributed by atoms with van der Waals surface area (Å²) in [7, 11) is 0. The van der Waals surface area contributed by atoms with Crippen molar-refractivity contribution in [2.45, 2.75) is 13.3 Å². The van der Waals surface area contributed by atoms with Crippen molar-refractivity contribution in [1.29, 1.82) is 0 Å². The highest BCUT2D eigenvalue weighted by molar-refractivity contribution is 5.94. The Labute approximate surface area is 147 Å². The number of carbonyl (C=O) groups excluding carboxylic acids is 2. The fraction of sp³-hybridized carbons (Fsp3) is 0.167. The summed E-state index contributed by atoms with van der Waals surface area (Å²) in [4.78, 5) is 28.2. The molecule has 0 saturated carbocycles. The molecule has 0 spiro atoms. The van der Waals surface area contributed by atoms with Gasteiger partial charge < -0.3 is 15.0 Å². The molecule has 0 aliphatic carbocycles. The minimum Gasteiger partial charge on any atom is -0.347 e. The van der Waals surface area contributed by atoms with E-state index in [1.54, 1.807) is 6.20 Å². The lowest BCUT2D eigenvalue weighted by molar-refractivity contribution is -0.123. The summed E-state index contributed by atoms with van der Waals surface area (Å²) in [5, 5.41) is 4.85. The highest BCUT2D eigenvalue weighted by Gasteiger charge is 2.11. The molecule has 0 saturated heterocycles. The molecule has 2 aromatic heterocycles. The van der Waals surface area contributed by atoms with Gasteiger partial charge in [0.2, 0.25) is 11.8 Å². The number of fused-ring (bicyclic) bond motifs is 1. The third-order valence-corrected chi connectivity index (χ3v) is 3.72. The summed E-state index contributed by atoms with van der Waals surface area (Å²) in [6.07, 6.45) is 3.62. The highest BCUT2D eigenvalue weighted by atomic mass is 19.2. The maximum Gasteiger partial charge on any atom is 0.243 e. The summed E-state index contributed by atoms with van der Waals surface area (Å²) >= 11 is 0. The van der Waals surface area contributed by atoms with E-state index in [9.17, 15) is 18.4 Å². The number of imidazole rings is 1. The minimum atomic E-state index is -1.06. The van der Waals surface area contributed by atoms with Gasteiger partial charge in [-0.25, -0.2) is 13.8 Å². The van der Waals surface area contributed by atoms with Gasteiger partial charge in [0.05, 0.1) is 18.7 Å². The number of pyridine rings is 1. The number of aryl methyl sites for hydroxylation is 1. The van der Waals surface area contributed by atoms with Crippen molar-refractivity contribution in [2.24, 2.45) is 0 Å². The summed E-state index contributed by atoms with van der Waals surface area (Å²) in [6, 6.07) is 6.82. The molecule has 0 aliphatic rings. The molecular weight excluding hydrogens is 342 g/mol. The van der Waals surface area contributed by atoms with E-state index in [0.717, 1.165) is 23.3 Å². The zero-order valence-corrected chi connectivity index (χ0v) is 13.9. The number of aromatic nitrogens is 2. The van der Waals surface area contributed by atoms with E-state index in [-0.39, 0.29) is 24.6 Å². The first-order valence-electron chi connectivity index (χ1n) is 7.87. The Morgan fingerprint density at radius 3 is 2.69 bits per heavy atom. The maximum absolute atomic E-state index is 13.1. The Kier molecular flexibility index (Phi) is 4.92. The number of benzene rings is 1. The molecule has 2 heterocycles. The zero-order valence-electron chi connectivity index (χ0n) is 13.9. The van der Waals surface area contributed by atoms with E-state index in [4.69, 9.17) is 0 Å². The van der Waals surface area contributed by atoms with Crippen LogP contribution in [0.15, 0.2) is 42.7 Å². The third kappa shape index (κ3) is 4.02. The molecule has 2 N–H and O–H groups in total. The average molecular weight is 358 g/mol. The normalized spacial score (nSPS) is 10.7. The van der Waals surface area contributed by atoms with Crippen LogP contribution >= 0.6 is 0 Å². The van der Waals surface area contributed by atoms with Crippen LogP contribution in [0.4, 0.5) is 14.5 Å². The molecule has 134 valence electrons. The van der Waals surface area contributed by atoms with Gasteiger partial charge in [-0.05, 0) is 30.7 Å². The van der Waals surface area contributed by atoms with Crippen molar-refractivity contribution in [1.82, 2.24) is 14.7 Å². The first-order valence-corrected chi connectivity index (χ1v) is 7.87. The lowest BCUT2D eigenvalue weighted by Gasteiger charge is -2.06. The molecule has 0 fully saturated rings. The number of rotatable bonds is 5. The Hall–Kier alpha value is -3.29. The number of hydrogen-bond acceptors (Lipinski definition) is 3. The number of halogens is 2. The van der Waals surface area contributed by atoms with Gasteiger partial charge in [0.1, 0.15) is 5.65 Å². The summed E-state index contributed by atoms with van der Waals surface area (Å²) < 4.78 is 27.8. The molecule has 3 rings (SSSR count). The van der Waals surface area contributed by atoms with Crippen LogP contribution < -0.4 is 10.6 Å². The molecule has 0 radical (unpaired) electrons. The molecule has 0 aliphatic heterocycles. The van der Waals surface area contributed by atoms with E-state index >= 15 is 0 Å². The maximum atomic E-state index is 13.1. The predicted octanol–water partition coefficient (Wildman–Crippen LogP) is 2.22. The van der Waals surface area contributed by atoms with Gasteiger partial charge in [-0.3, -0.25) is 9.59 Å². The van der Waals surface area contributed by atoms with Gasteiger partial charge in [0, 0.05) is 24.1 Å². The van der Waals surface area contributed by atoms with Gasteiger partial charge >= 0.3 is 0 Å². The van der Waals surface area contributed by atoms with Crippen molar-refractivity contribution in [3.63, 3.8) is 0 Å². The van der Waals surface area contributed by atoms with Gasteiger partial charge in [-0.1, -0.05) is 6.07 Å². The van der Waals surface area contributed by atoms with E-state index in [1.165, 1.54) is 6.07 Å². The smallest absolute Gasteiger partial charge is 0.243 e. The van der Waals surface area contributed by atoms with Crippen LogP contribution in [0.5, 0.6) is 0 Å². The molecule has 2 amide bonds. The zero-order chi connectivity index (χ0) is 18.7. The number of amides is 2. The van der Waals surface area contributed by atoms with Crippen LogP contribution in [0.3, 0.4) is 0 Å². The van der Waals surface area contributed by atoms with Crippen molar-refractivity contribution < 1.29 is 18.4 Å². The van der Waals surface area contributed by atoms with Crippen LogP contribution in [0.25, 0.3) is 5.65 Å². The first kappa shape index (κ1) is 17.5. The van der Waals surface area contributed by atoms with Crippen LogP contribution in [0.2, 0.25) is 0 Å². The number of hydrogen-bond donors (Lipinski definition) is 2. The SMILES string of the molecule is Cc1cccn2cc(CC(=O)NCC(=O)Nc3ccc(F)c(F)c3)nc12. The van der Waals surface area contributed by atoms with E-state index in [0.29, 0.717) is 5.69 Å². The quantitative estimate of drug-likeness (QED) is 0.734. The predicted molar refractivity (Wildman–Crippen MR) is 91.6 cm³/mol. The Balaban J connectivity index is 1.53. The second-order valence-electron chi connectivity index (χ2n) is 5.78. The van der Waals surface area contributed by atoms with Gasteiger partial charge in [-0.2, -0.15) is 0 Å². The minimum absolute atomic E-state index is 0.0274. The van der Waals surface area contributed by atoms with Crippen LogP contribution in [-0.2, 0) is 16.0 Å². The highest BCUT2D eigenvalue weighted by Crippen LogP contribution is 2.13. The third-order valence-electron chi connectivity index (χ3n) is 3.72. The second kappa shape index (κ2) is 7.30. The fourth-order valence-electron chi connectivity index (χ4n) is 2.47. The number of carbonyl (C=O) groups is 2. The molecule has 8 heteroatoms. The van der Waals surface area contributed by atoms with E-state index in [2.05, 4.69) is 15.6 Å². The summed E-state index contributed by atoms with van der Waals surface area (Å²) in [5.41, 5.74) is 2.45. The molecule has 0 unspecified atom stereocenters. The van der Waals surface area contributed by atoms with Crippen LogP contribution in [0.1, 0.15) is 11.3 Å². The number of nitrogens with zero attached hydrogens (tertiary/aromatic N) is 2. The first-order chi connectivity index (χ1) is 12.4. The Morgan fingerprint density at radius 2 is 1.96 bits per heavy atom. The van der Waals surface area contributed by atoms with Gasteiger partial charge in [-0.15, -0.1) is 0 Å². The van der Waals surface area contributed by atoms with E-state index < -0.39 is 17.5 Å². The molecule has 1 aromatic carbocycles. The van der Waals surface area contributed by atoms with Crippen LogP contribution in [-0.4, -0.2) is 27.7 Å². The second-order valence-corrected chi connectivity index (χ2v) is 5.78. The van der Waals surface area contributed by atoms with Crippen LogP contribution in [0, 0.1) is 18.6 Å². The van der Waals surface area contributed by atoms with Gasteiger partial charge in [0.25, 0.3) is 0 Å². The summed E-state index contributed by atoms with van der Waals surface area (Å²) in [6.45, 7) is 1.64. The average Bonchev–Trinajstić information content (AvgIpc) is 3.00. The number of anilines is 1. The molecule has 0 atom stereocenters. The van der Waals surface area contributed by atoms with Crippen molar-refractivity contribution in [3.8, 4) is 0 Å². The lowest BCUT2D eigenvalue weighted by Crippen LogP contribution is -2.33. The largest absolute Gasteiger partial charge is 0.347 e. The van der Waals surface area contributed by atoms with Crippen molar-refractivity contribution in [3.05, 3.63) is 65.6 Å². The van der Waals surface area contributed by atoms with Crippen molar-refractivity contribution >= 4 is 23.1 Å². The monoisotopic (exact) mass is 358 g/mol. The van der Waals surface area contributed by atoms with Crippen molar-refractivity contribution in [2.75, 3.05) is 11.9 Å². The number of nitrogens with one attached hydrogen (secondary N) is 2. The lowest BCUT2D eigenvalue weighted by atomic mass is 10.3. The summed E-state index contributed by atoms with van der Waals surface area (Å²) in [5.74, 6) is -2.98. The topological polar surface area (TPSA) is 75.5 Å². The Bertz CT molecular complexity index is 984. The molecule has 0 bridgehead atoms. The van der Waals surface area contributed by atoms with Gasteiger partial charge in [0.15, 0.2) is 11.6 Å². The Morgan fingerprint density at radius 1 is 1.15 bits per heavy atom. The van der Waals surface area contributed by atoms with E-state index in [1.807, 2.05) is 29.7 Å².